The van der Waals surface area contributed by atoms with E-state index in [-0.39, 0.29) is 5.75 Å². The molecule has 3 rings (SSSR count). The van der Waals surface area contributed by atoms with Crippen molar-refractivity contribution in [1.29, 1.82) is 0 Å². The highest BCUT2D eigenvalue weighted by Gasteiger charge is 2.44. The summed E-state index contributed by atoms with van der Waals surface area (Å²) < 4.78 is 10.9. The van der Waals surface area contributed by atoms with Gasteiger partial charge in [-0.25, -0.2) is 0 Å². The molecule has 0 bridgehead atoms. The number of phenols is 1. The van der Waals surface area contributed by atoms with E-state index in [1.165, 1.54) is 0 Å². The van der Waals surface area contributed by atoms with Gasteiger partial charge < -0.3 is 35.0 Å². The van der Waals surface area contributed by atoms with Crippen molar-refractivity contribution >= 4 is 0 Å². The first-order valence-electron chi connectivity index (χ1n) is 8.82. The zero-order valence-electron chi connectivity index (χ0n) is 14.7. The Morgan fingerprint density at radius 1 is 0.852 bits per heavy atom. The van der Waals surface area contributed by atoms with Gasteiger partial charge >= 0.3 is 0 Å². The summed E-state index contributed by atoms with van der Waals surface area (Å²) in [5.74, 6) is 0.677. The van der Waals surface area contributed by atoms with Gasteiger partial charge in [0, 0.05) is 0 Å². The molecule has 0 aliphatic carbocycles. The first-order chi connectivity index (χ1) is 13.0. The Hall–Kier alpha value is -2.16. The van der Waals surface area contributed by atoms with Crippen LogP contribution in [0.1, 0.15) is 11.1 Å². The summed E-state index contributed by atoms with van der Waals surface area (Å²) in [4.78, 5) is 0. The Bertz CT molecular complexity index is 731. The number of benzene rings is 2. The van der Waals surface area contributed by atoms with Crippen LogP contribution < -0.4 is 4.74 Å². The predicted octanol–water partition coefficient (Wildman–Crippen LogP) is 0.356. The summed E-state index contributed by atoms with van der Waals surface area (Å²) in [6.45, 7) is -0.501. The number of phenolic OH excluding ortho intramolecular Hbond substituents is 1. The molecule has 2 aromatic carbocycles. The molecule has 0 saturated carbocycles. The van der Waals surface area contributed by atoms with Crippen molar-refractivity contribution in [3.63, 3.8) is 0 Å². The Balaban J connectivity index is 1.58. The highest BCUT2D eigenvalue weighted by atomic mass is 16.7. The van der Waals surface area contributed by atoms with E-state index in [0.717, 1.165) is 24.0 Å². The minimum absolute atomic E-state index is 0.246. The predicted molar refractivity (Wildman–Crippen MR) is 96.4 cm³/mol. The zero-order valence-corrected chi connectivity index (χ0v) is 14.7. The minimum atomic E-state index is -1.47. The molecule has 0 aromatic heterocycles. The zero-order chi connectivity index (χ0) is 19.4. The summed E-state index contributed by atoms with van der Waals surface area (Å²) in [7, 11) is 0. The van der Waals surface area contributed by atoms with E-state index in [0.29, 0.717) is 5.75 Å². The molecule has 7 nitrogen and oxygen atoms in total. The molecule has 1 heterocycles. The molecular weight excluding hydrogens is 352 g/mol. The van der Waals surface area contributed by atoms with E-state index in [9.17, 15) is 25.5 Å². The monoisotopic (exact) mass is 376 g/mol. The van der Waals surface area contributed by atoms with Crippen molar-refractivity contribution in [3.8, 4) is 11.5 Å². The van der Waals surface area contributed by atoms with Crippen LogP contribution in [0.4, 0.5) is 0 Å². The summed E-state index contributed by atoms with van der Waals surface area (Å²) in [6.07, 6.45) is -4.96. The third-order valence-electron chi connectivity index (χ3n) is 4.64. The lowest BCUT2D eigenvalue weighted by atomic mass is 9.99. The molecule has 0 radical (unpaired) electrons. The molecule has 2 aromatic rings. The van der Waals surface area contributed by atoms with Crippen LogP contribution in [0.25, 0.3) is 0 Å². The van der Waals surface area contributed by atoms with Crippen LogP contribution >= 0.6 is 0 Å². The van der Waals surface area contributed by atoms with Gasteiger partial charge in [-0.1, -0.05) is 24.3 Å². The molecule has 146 valence electrons. The van der Waals surface area contributed by atoms with Gasteiger partial charge in [-0.2, -0.15) is 0 Å². The number of aryl methyl sites for hydroxylation is 2. The molecule has 7 heteroatoms. The SMILES string of the molecule is OCC1OC(Oc2ccc(CCc3cccc(O)c3)cc2)C(O)C(O)C1O. The van der Waals surface area contributed by atoms with Gasteiger partial charge in [0.2, 0.25) is 6.29 Å². The van der Waals surface area contributed by atoms with Gasteiger partial charge in [-0.3, -0.25) is 0 Å². The van der Waals surface area contributed by atoms with Crippen molar-refractivity contribution in [2.45, 2.75) is 43.5 Å². The third-order valence-corrected chi connectivity index (χ3v) is 4.64. The second-order valence-electron chi connectivity index (χ2n) is 6.63. The summed E-state index contributed by atoms with van der Waals surface area (Å²) >= 11 is 0. The molecular formula is C20H24O7. The highest BCUT2D eigenvalue weighted by Crippen LogP contribution is 2.24. The van der Waals surface area contributed by atoms with Gasteiger partial charge in [0.05, 0.1) is 6.61 Å². The van der Waals surface area contributed by atoms with E-state index >= 15 is 0 Å². The van der Waals surface area contributed by atoms with E-state index in [1.807, 2.05) is 24.3 Å². The molecule has 1 saturated heterocycles. The van der Waals surface area contributed by atoms with Gasteiger partial charge in [-0.15, -0.1) is 0 Å². The quantitative estimate of drug-likeness (QED) is 0.494. The number of hydrogen-bond acceptors (Lipinski definition) is 7. The van der Waals surface area contributed by atoms with Crippen LogP contribution in [0.2, 0.25) is 0 Å². The number of aliphatic hydroxyl groups is 4. The fourth-order valence-corrected chi connectivity index (χ4v) is 3.03. The van der Waals surface area contributed by atoms with Gasteiger partial charge in [0.25, 0.3) is 0 Å². The van der Waals surface area contributed by atoms with Crippen LogP contribution in [-0.2, 0) is 17.6 Å². The van der Waals surface area contributed by atoms with E-state index in [1.54, 1.807) is 24.3 Å². The molecule has 5 atom stereocenters. The van der Waals surface area contributed by atoms with E-state index in [4.69, 9.17) is 9.47 Å². The minimum Gasteiger partial charge on any atom is -0.508 e. The Morgan fingerprint density at radius 2 is 1.56 bits per heavy atom. The first kappa shape index (κ1) is 19.6. The van der Waals surface area contributed by atoms with Crippen LogP contribution in [0.15, 0.2) is 48.5 Å². The average Bonchev–Trinajstić information content (AvgIpc) is 2.68. The van der Waals surface area contributed by atoms with Gasteiger partial charge in [0.1, 0.15) is 35.9 Å². The Morgan fingerprint density at radius 3 is 2.22 bits per heavy atom. The van der Waals surface area contributed by atoms with Crippen LogP contribution in [-0.4, -0.2) is 62.8 Å². The van der Waals surface area contributed by atoms with E-state index < -0.39 is 37.3 Å². The summed E-state index contributed by atoms with van der Waals surface area (Å²) in [6, 6.07) is 14.3. The van der Waals surface area contributed by atoms with Crippen LogP contribution in [0.5, 0.6) is 11.5 Å². The molecule has 0 amide bonds. The van der Waals surface area contributed by atoms with Crippen molar-refractivity contribution in [3.05, 3.63) is 59.7 Å². The van der Waals surface area contributed by atoms with Gasteiger partial charge in [-0.05, 0) is 48.2 Å². The molecule has 5 unspecified atom stereocenters. The fourth-order valence-electron chi connectivity index (χ4n) is 3.03. The topological polar surface area (TPSA) is 120 Å². The summed E-state index contributed by atoms with van der Waals surface area (Å²) in [5.41, 5.74) is 2.11. The van der Waals surface area contributed by atoms with Crippen LogP contribution in [0, 0.1) is 0 Å². The standard InChI is InChI=1S/C20H24O7/c21-11-16-17(23)18(24)19(25)20(27-16)26-15-8-6-12(7-9-15)4-5-13-2-1-3-14(22)10-13/h1-3,6-10,16-25H,4-5,11H2. The molecule has 27 heavy (non-hydrogen) atoms. The number of ether oxygens (including phenoxy) is 2. The second-order valence-corrected chi connectivity index (χ2v) is 6.63. The number of aromatic hydroxyl groups is 1. The lowest BCUT2D eigenvalue weighted by Gasteiger charge is -2.39. The lowest BCUT2D eigenvalue weighted by molar-refractivity contribution is -0.277. The number of rotatable bonds is 6. The first-order valence-corrected chi connectivity index (χ1v) is 8.82. The third kappa shape index (κ3) is 4.77. The molecule has 0 spiro atoms. The number of hydrogen-bond donors (Lipinski definition) is 5. The number of aliphatic hydroxyl groups excluding tert-OH is 4. The molecule has 1 aliphatic heterocycles. The van der Waals surface area contributed by atoms with Gasteiger partial charge in [0.15, 0.2) is 0 Å². The summed E-state index contributed by atoms with van der Waals surface area (Å²) in [5, 5.41) is 48.3. The molecule has 1 fully saturated rings. The van der Waals surface area contributed by atoms with Crippen LogP contribution in [0.3, 0.4) is 0 Å². The Labute approximate surface area is 157 Å². The molecule has 5 N–H and O–H groups in total. The normalized spacial score (nSPS) is 28.1. The average molecular weight is 376 g/mol. The molecule has 1 aliphatic rings. The highest BCUT2D eigenvalue weighted by molar-refractivity contribution is 5.30. The van der Waals surface area contributed by atoms with Crippen molar-refractivity contribution in [1.82, 2.24) is 0 Å². The second kappa shape index (κ2) is 8.69. The smallest absolute Gasteiger partial charge is 0.229 e. The van der Waals surface area contributed by atoms with Crippen molar-refractivity contribution < 1.29 is 35.0 Å². The van der Waals surface area contributed by atoms with E-state index in [2.05, 4.69) is 0 Å². The maximum absolute atomic E-state index is 10.0. The fraction of sp³-hybridized carbons (Fsp3) is 0.400. The largest absolute Gasteiger partial charge is 0.508 e. The van der Waals surface area contributed by atoms with Crippen molar-refractivity contribution in [2.24, 2.45) is 0 Å². The van der Waals surface area contributed by atoms with Crippen molar-refractivity contribution in [2.75, 3.05) is 6.61 Å². The maximum Gasteiger partial charge on any atom is 0.229 e. The maximum atomic E-state index is 10.0. The Kier molecular flexibility index (Phi) is 6.30. The lowest BCUT2D eigenvalue weighted by Crippen LogP contribution is -2.60.